The number of ether oxygens (including phenoxy) is 1. The number of hydrogen-bond acceptors (Lipinski definition) is 5. The van der Waals surface area contributed by atoms with E-state index in [9.17, 15) is 14.4 Å². The van der Waals surface area contributed by atoms with Crippen molar-refractivity contribution in [3.8, 4) is 0 Å². The Balaban J connectivity index is 1.82. The van der Waals surface area contributed by atoms with Crippen LogP contribution in [0.3, 0.4) is 0 Å². The molecule has 7 heteroatoms. The van der Waals surface area contributed by atoms with E-state index >= 15 is 0 Å². The largest absolute Gasteiger partial charge is 0.455 e. The molecule has 2 N–H and O–H groups in total. The molecule has 27 heavy (non-hydrogen) atoms. The third-order valence-electron chi connectivity index (χ3n) is 3.48. The number of thioether (sulfide) groups is 1. The minimum Gasteiger partial charge on any atom is -0.455 e. The van der Waals surface area contributed by atoms with E-state index in [1.165, 1.54) is 11.8 Å². The van der Waals surface area contributed by atoms with Gasteiger partial charge in [-0.1, -0.05) is 24.3 Å². The maximum Gasteiger partial charge on any atom is 0.319 e. The summed E-state index contributed by atoms with van der Waals surface area (Å²) in [6, 6.07) is 16.1. The van der Waals surface area contributed by atoms with Crippen molar-refractivity contribution in [2.24, 2.45) is 0 Å². The molecule has 0 bridgehead atoms. The Morgan fingerprint density at radius 3 is 2.52 bits per heavy atom. The van der Waals surface area contributed by atoms with Gasteiger partial charge in [0.2, 0.25) is 0 Å². The number of nitrogens with one attached hydrogen (secondary N) is 2. The van der Waals surface area contributed by atoms with Crippen LogP contribution in [0.1, 0.15) is 24.2 Å². The molecule has 0 saturated carbocycles. The highest BCUT2D eigenvalue weighted by atomic mass is 32.2. The van der Waals surface area contributed by atoms with Gasteiger partial charge in [0.15, 0.2) is 6.61 Å². The Hall–Kier alpha value is -2.80. The lowest BCUT2D eigenvalue weighted by atomic mass is 10.2. The van der Waals surface area contributed by atoms with Crippen molar-refractivity contribution in [1.82, 2.24) is 5.32 Å². The number of carbonyl (C=O) groups is 3. The average Bonchev–Trinajstić information content (AvgIpc) is 2.67. The Morgan fingerprint density at radius 1 is 1.07 bits per heavy atom. The van der Waals surface area contributed by atoms with E-state index in [4.69, 9.17) is 4.74 Å². The smallest absolute Gasteiger partial charge is 0.319 e. The highest BCUT2D eigenvalue weighted by Gasteiger charge is 2.17. The van der Waals surface area contributed by atoms with Gasteiger partial charge in [-0.15, -0.1) is 11.8 Å². The summed E-state index contributed by atoms with van der Waals surface area (Å²) in [5.74, 6) is -1.14. The first-order valence-corrected chi connectivity index (χ1v) is 9.44. The van der Waals surface area contributed by atoms with Gasteiger partial charge >= 0.3 is 5.97 Å². The fraction of sp³-hybridized carbons (Fsp3) is 0.250. The fourth-order valence-corrected chi connectivity index (χ4v) is 3.09. The van der Waals surface area contributed by atoms with Gasteiger partial charge in [0, 0.05) is 22.7 Å². The molecule has 142 valence electrons. The predicted molar refractivity (Wildman–Crippen MR) is 106 cm³/mol. The summed E-state index contributed by atoms with van der Waals surface area (Å²) in [7, 11) is 0. The second-order valence-corrected chi connectivity index (χ2v) is 7.08. The van der Waals surface area contributed by atoms with Crippen molar-refractivity contribution < 1.29 is 19.1 Å². The van der Waals surface area contributed by atoms with Crippen LogP contribution in [0.25, 0.3) is 0 Å². The predicted octanol–water partition coefficient (Wildman–Crippen LogP) is 3.10. The zero-order valence-corrected chi connectivity index (χ0v) is 16.0. The molecule has 2 rings (SSSR count). The van der Waals surface area contributed by atoms with Crippen LogP contribution in [0.4, 0.5) is 5.69 Å². The van der Waals surface area contributed by atoms with E-state index in [0.717, 1.165) is 4.90 Å². The van der Waals surface area contributed by atoms with E-state index in [1.54, 1.807) is 31.2 Å². The third-order valence-corrected chi connectivity index (χ3v) is 4.57. The number of esters is 1. The quantitative estimate of drug-likeness (QED) is 0.538. The maximum absolute atomic E-state index is 12.0. The van der Waals surface area contributed by atoms with Crippen molar-refractivity contribution in [1.29, 1.82) is 0 Å². The van der Waals surface area contributed by atoms with Gasteiger partial charge in [-0.25, -0.2) is 0 Å². The van der Waals surface area contributed by atoms with Crippen molar-refractivity contribution in [3.63, 3.8) is 0 Å². The zero-order valence-electron chi connectivity index (χ0n) is 15.2. The number of rotatable bonds is 8. The van der Waals surface area contributed by atoms with Gasteiger partial charge in [-0.3, -0.25) is 14.4 Å². The van der Waals surface area contributed by atoms with Gasteiger partial charge in [0.1, 0.15) is 5.25 Å². The SMILES string of the molecule is CCNC(=O)c1cccc(NC(=O)COC(=O)[C@@H](C)Sc2ccccc2)c1. The fourth-order valence-electron chi connectivity index (χ4n) is 2.20. The minimum absolute atomic E-state index is 0.216. The lowest BCUT2D eigenvalue weighted by Gasteiger charge is -2.12. The summed E-state index contributed by atoms with van der Waals surface area (Å²) in [6.45, 7) is 3.69. The topological polar surface area (TPSA) is 84.5 Å². The molecule has 0 unspecified atom stereocenters. The van der Waals surface area contributed by atoms with Crippen LogP contribution in [0.15, 0.2) is 59.5 Å². The standard InChI is InChI=1S/C20H22N2O4S/c1-3-21-19(24)15-8-7-9-16(12-15)22-18(23)13-26-20(25)14(2)27-17-10-5-4-6-11-17/h4-12,14H,3,13H2,1-2H3,(H,21,24)(H,22,23)/t14-/m1/s1. The van der Waals surface area contributed by atoms with E-state index in [1.807, 2.05) is 37.3 Å². The first-order chi connectivity index (χ1) is 13.0. The molecular weight excluding hydrogens is 364 g/mol. The van der Waals surface area contributed by atoms with Crippen molar-refractivity contribution in [2.75, 3.05) is 18.5 Å². The summed E-state index contributed by atoms with van der Waals surface area (Å²) < 4.78 is 5.08. The second-order valence-electron chi connectivity index (χ2n) is 5.67. The Bertz CT molecular complexity index is 796. The van der Waals surface area contributed by atoms with Gasteiger partial charge < -0.3 is 15.4 Å². The second kappa shape index (κ2) is 10.4. The van der Waals surface area contributed by atoms with Gasteiger partial charge in [0.25, 0.3) is 11.8 Å². The summed E-state index contributed by atoms with van der Waals surface area (Å²) in [5, 5.41) is 4.88. The van der Waals surface area contributed by atoms with Crippen molar-refractivity contribution >= 4 is 35.2 Å². The first-order valence-electron chi connectivity index (χ1n) is 8.56. The lowest BCUT2D eigenvalue weighted by molar-refractivity contribution is -0.146. The van der Waals surface area contributed by atoms with Crippen LogP contribution in [0.2, 0.25) is 0 Å². The molecule has 0 saturated heterocycles. The highest BCUT2D eigenvalue weighted by molar-refractivity contribution is 8.00. The molecule has 6 nitrogen and oxygen atoms in total. The Morgan fingerprint density at radius 2 is 1.81 bits per heavy atom. The minimum atomic E-state index is -0.465. The van der Waals surface area contributed by atoms with Crippen molar-refractivity contribution in [2.45, 2.75) is 24.0 Å². The Kier molecular flexibility index (Phi) is 7.88. The van der Waals surface area contributed by atoms with Crippen LogP contribution in [0.5, 0.6) is 0 Å². The summed E-state index contributed by atoms with van der Waals surface area (Å²) in [5.41, 5.74) is 0.908. The van der Waals surface area contributed by atoms with Crippen LogP contribution in [-0.4, -0.2) is 36.2 Å². The molecule has 1 atom stereocenters. The molecule has 0 heterocycles. The first kappa shape index (κ1) is 20.5. The number of anilines is 1. The Labute approximate surface area is 162 Å². The van der Waals surface area contributed by atoms with Crippen LogP contribution >= 0.6 is 11.8 Å². The highest BCUT2D eigenvalue weighted by Crippen LogP contribution is 2.23. The van der Waals surface area contributed by atoms with Crippen LogP contribution < -0.4 is 10.6 Å². The summed E-state index contributed by atoms with van der Waals surface area (Å²) >= 11 is 1.37. The van der Waals surface area contributed by atoms with Gasteiger partial charge in [-0.05, 0) is 44.2 Å². The molecular formula is C20H22N2O4S. The molecule has 0 radical (unpaired) electrons. The van der Waals surface area contributed by atoms with Gasteiger partial charge in [0.05, 0.1) is 0 Å². The third kappa shape index (κ3) is 6.79. The molecule has 0 spiro atoms. The lowest BCUT2D eigenvalue weighted by Crippen LogP contribution is -2.25. The number of benzene rings is 2. The number of carbonyl (C=O) groups excluding carboxylic acids is 3. The van der Waals surface area contributed by atoms with Gasteiger partial charge in [-0.2, -0.15) is 0 Å². The molecule has 0 fully saturated rings. The summed E-state index contributed by atoms with van der Waals surface area (Å²) in [6.07, 6.45) is 0. The van der Waals surface area contributed by atoms with E-state index < -0.39 is 17.1 Å². The molecule has 0 aliphatic heterocycles. The molecule has 0 aromatic heterocycles. The number of hydrogen-bond donors (Lipinski definition) is 2. The van der Waals surface area contributed by atoms with Crippen LogP contribution in [-0.2, 0) is 14.3 Å². The van der Waals surface area contributed by atoms with E-state index in [-0.39, 0.29) is 12.5 Å². The van der Waals surface area contributed by atoms with Crippen LogP contribution in [0, 0.1) is 0 Å². The monoisotopic (exact) mass is 386 g/mol. The zero-order chi connectivity index (χ0) is 19.6. The average molecular weight is 386 g/mol. The number of amides is 2. The molecule has 0 aliphatic rings. The van der Waals surface area contributed by atoms with E-state index in [0.29, 0.717) is 17.8 Å². The molecule has 2 amide bonds. The maximum atomic E-state index is 12.0. The molecule has 0 aliphatic carbocycles. The van der Waals surface area contributed by atoms with Crippen molar-refractivity contribution in [3.05, 3.63) is 60.2 Å². The summed E-state index contributed by atoms with van der Waals surface area (Å²) in [4.78, 5) is 36.8. The molecule has 2 aromatic rings. The normalized spacial score (nSPS) is 11.3. The van der Waals surface area contributed by atoms with E-state index in [2.05, 4.69) is 10.6 Å². The molecule has 2 aromatic carbocycles.